The first-order chi connectivity index (χ1) is 14.9. The average molecular weight is 416 g/mol. The van der Waals surface area contributed by atoms with Gasteiger partial charge in [0.05, 0.1) is 17.6 Å². The molecule has 0 saturated heterocycles. The Balaban J connectivity index is 1.59. The Bertz CT molecular complexity index is 1130. The van der Waals surface area contributed by atoms with E-state index in [4.69, 9.17) is 4.74 Å². The number of rotatable bonds is 7. The van der Waals surface area contributed by atoms with Crippen LogP contribution in [0.1, 0.15) is 22.3 Å². The molecule has 0 aliphatic heterocycles. The molecule has 3 aromatic rings. The molecule has 0 radical (unpaired) electrons. The van der Waals surface area contributed by atoms with Crippen molar-refractivity contribution >= 4 is 23.5 Å². The summed E-state index contributed by atoms with van der Waals surface area (Å²) in [6, 6.07) is 18.0. The molecule has 0 heterocycles. The Kier molecular flexibility index (Phi) is 7.11. The van der Waals surface area contributed by atoms with Crippen LogP contribution in [0.15, 0.2) is 76.0 Å². The second-order valence-corrected chi connectivity index (χ2v) is 7.01. The zero-order chi connectivity index (χ0) is 22.2. The summed E-state index contributed by atoms with van der Waals surface area (Å²) in [5.74, 6) is 0.308. The van der Waals surface area contributed by atoms with Crippen LogP contribution < -0.4 is 10.2 Å². The molecular formula is C24H24N4O3. The quantitative estimate of drug-likeness (QED) is 0.312. The van der Waals surface area contributed by atoms with Crippen molar-refractivity contribution in [2.75, 3.05) is 6.61 Å². The normalized spacial score (nSPS) is 11.2. The SMILES string of the molecule is Cc1ccc(C)c(OCC(=O)N/N=C/c2cc(N=Nc3ccccc3)ccc2O)c1C. The molecule has 158 valence electrons. The Hall–Kier alpha value is -4.00. The topological polar surface area (TPSA) is 95.6 Å². The van der Waals surface area contributed by atoms with Crippen molar-refractivity contribution in [2.24, 2.45) is 15.3 Å². The number of benzene rings is 3. The van der Waals surface area contributed by atoms with Gasteiger partial charge in [-0.15, -0.1) is 0 Å². The number of nitrogens with zero attached hydrogens (tertiary/aromatic N) is 3. The number of carbonyl (C=O) groups is 1. The van der Waals surface area contributed by atoms with Crippen LogP contribution >= 0.6 is 0 Å². The number of phenols is 1. The van der Waals surface area contributed by atoms with E-state index in [1.54, 1.807) is 12.1 Å². The number of hydrazone groups is 1. The molecule has 3 aromatic carbocycles. The minimum absolute atomic E-state index is 0.0129. The van der Waals surface area contributed by atoms with Gasteiger partial charge in [0.1, 0.15) is 11.5 Å². The summed E-state index contributed by atoms with van der Waals surface area (Å²) < 4.78 is 5.67. The maximum absolute atomic E-state index is 12.1. The Morgan fingerprint density at radius 3 is 2.45 bits per heavy atom. The zero-order valence-electron chi connectivity index (χ0n) is 17.7. The van der Waals surface area contributed by atoms with E-state index in [0.717, 1.165) is 22.4 Å². The monoisotopic (exact) mass is 416 g/mol. The summed E-state index contributed by atoms with van der Waals surface area (Å²) in [6.07, 6.45) is 1.35. The van der Waals surface area contributed by atoms with E-state index in [0.29, 0.717) is 17.0 Å². The van der Waals surface area contributed by atoms with Gasteiger partial charge in [-0.1, -0.05) is 30.3 Å². The number of aryl methyl sites for hydroxylation is 2. The number of ether oxygens (including phenoxy) is 1. The molecule has 7 heteroatoms. The highest BCUT2D eigenvalue weighted by atomic mass is 16.5. The fourth-order valence-electron chi connectivity index (χ4n) is 2.81. The van der Waals surface area contributed by atoms with E-state index in [1.807, 2.05) is 63.2 Å². The van der Waals surface area contributed by atoms with Crippen molar-refractivity contribution in [3.8, 4) is 11.5 Å². The number of phenolic OH excluding ortho intramolecular Hbond substituents is 1. The van der Waals surface area contributed by atoms with Gasteiger partial charge in [0, 0.05) is 5.56 Å². The standard InChI is InChI=1S/C24H24N4O3/c1-16-9-10-17(2)24(18(16)3)31-15-23(30)28-25-14-19-13-21(11-12-22(19)29)27-26-20-7-5-4-6-8-20/h4-14,29H,15H2,1-3H3,(H,28,30)/b25-14+,27-26?. The molecule has 0 spiro atoms. The second kappa shape index (κ2) is 10.2. The molecule has 1 amide bonds. The summed E-state index contributed by atoms with van der Waals surface area (Å²) in [7, 11) is 0. The highest BCUT2D eigenvalue weighted by Gasteiger charge is 2.09. The smallest absolute Gasteiger partial charge is 0.277 e. The van der Waals surface area contributed by atoms with Crippen molar-refractivity contribution in [2.45, 2.75) is 20.8 Å². The second-order valence-electron chi connectivity index (χ2n) is 7.01. The number of carbonyl (C=O) groups excluding carboxylic acids is 1. The summed E-state index contributed by atoms with van der Waals surface area (Å²) >= 11 is 0. The first-order valence-corrected chi connectivity index (χ1v) is 9.75. The van der Waals surface area contributed by atoms with Crippen LogP contribution in [0.5, 0.6) is 11.5 Å². The maximum atomic E-state index is 12.1. The lowest BCUT2D eigenvalue weighted by molar-refractivity contribution is -0.123. The Morgan fingerprint density at radius 2 is 1.68 bits per heavy atom. The third-order valence-corrected chi connectivity index (χ3v) is 4.66. The molecule has 3 rings (SSSR count). The van der Waals surface area contributed by atoms with Gasteiger partial charge in [0.25, 0.3) is 5.91 Å². The molecule has 0 unspecified atom stereocenters. The number of hydrogen-bond donors (Lipinski definition) is 2. The lowest BCUT2D eigenvalue weighted by atomic mass is 10.1. The van der Waals surface area contributed by atoms with Crippen LogP contribution in [0.3, 0.4) is 0 Å². The van der Waals surface area contributed by atoms with Gasteiger partial charge in [-0.2, -0.15) is 15.3 Å². The Labute approximate surface area is 181 Å². The summed E-state index contributed by atoms with van der Waals surface area (Å²) in [5, 5.41) is 22.2. The fraction of sp³-hybridized carbons (Fsp3) is 0.167. The summed E-state index contributed by atoms with van der Waals surface area (Å²) in [4.78, 5) is 12.1. The first-order valence-electron chi connectivity index (χ1n) is 9.75. The van der Waals surface area contributed by atoms with Gasteiger partial charge in [-0.25, -0.2) is 5.43 Å². The van der Waals surface area contributed by atoms with Crippen LogP contribution in [-0.2, 0) is 4.79 Å². The lowest BCUT2D eigenvalue weighted by Gasteiger charge is -2.13. The molecular weight excluding hydrogens is 392 g/mol. The number of azo groups is 1. The van der Waals surface area contributed by atoms with E-state index < -0.39 is 5.91 Å². The molecule has 2 N–H and O–H groups in total. The summed E-state index contributed by atoms with van der Waals surface area (Å²) in [6.45, 7) is 5.72. The minimum Gasteiger partial charge on any atom is -0.507 e. The van der Waals surface area contributed by atoms with E-state index in [-0.39, 0.29) is 12.4 Å². The molecule has 0 aromatic heterocycles. The van der Waals surface area contributed by atoms with Gasteiger partial charge in [-0.3, -0.25) is 4.79 Å². The van der Waals surface area contributed by atoms with Crippen LogP contribution in [0.25, 0.3) is 0 Å². The van der Waals surface area contributed by atoms with E-state index in [9.17, 15) is 9.90 Å². The molecule has 0 saturated carbocycles. The molecule has 0 aliphatic rings. The van der Waals surface area contributed by atoms with Crippen molar-refractivity contribution in [1.82, 2.24) is 5.43 Å². The van der Waals surface area contributed by atoms with Crippen molar-refractivity contribution < 1.29 is 14.6 Å². The van der Waals surface area contributed by atoms with Gasteiger partial charge in [0.2, 0.25) is 0 Å². The molecule has 0 fully saturated rings. The van der Waals surface area contributed by atoms with Crippen LogP contribution in [-0.4, -0.2) is 23.8 Å². The van der Waals surface area contributed by atoms with Crippen LogP contribution in [0.2, 0.25) is 0 Å². The van der Waals surface area contributed by atoms with Crippen molar-refractivity contribution in [1.29, 1.82) is 0 Å². The third-order valence-electron chi connectivity index (χ3n) is 4.66. The highest BCUT2D eigenvalue weighted by Crippen LogP contribution is 2.26. The minimum atomic E-state index is -0.407. The van der Waals surface area contributed by atoms with Crippen LogP contribution in [0, 0.1) is 20.8 Å². The number of amides is 1. The summed E-state index contributed by atoms with van der Waals surface area (Å²) in [5.41, 5.74) is 7.13. The van der Waals surface area contributed by atoms with Gasteiger partial charge < -0.3 is 9.84 Å². The molecule has 0 atom stereocenters. The van der Waals surface area contributed by atoms with Crippen molar-refractivity contribution in [3.63, 3.8) is 0 Å². The molecule has 7 nitrogen and oxygen atoms in total. The Morgan fingerprint density at radius 1 is 0.968 bits per heavy atom. The maximum Gasteiger partial charge on any atom is 0.277 e. The predicted octanol–water partition coefficient (Wildman–Crippen LogP) is 5.26. The van der Waals surface area contributed by atoms with Gasteiger partial charge in [0.15, 0.2) is 6.61 Å². The highest BCUT2D eigenvalue weighted by molar-refractivity contribution is 5.86. The molecule has 31 heavy (non-hydrogen) atoms. The van der Waals surface area contributed by atoms with E-state index in [2.05, 4.69) is 20.8 Å². The molecule has 0 bridgehead atoms. The van der Waals surface area contributed by atoms with Gasteiger partial charge in [-0.05, 0) is 67.8 Å². The first kappa shape index (κ1) is 21.7. The third kappa shape index (κ3) is 5.99. The average Bonchev–Trinajstić information content (AvgIpc) is 2.77. The van der Waals surface area contributed by atoms with Crippen molar-refractivity contribution in [3.05, 3.63) is 82.9 Å². The molecule has 0 aliphatic carbocycles. The number of aromatic hydroxyl groups is 1. The predicted molar refractivity (Wildman–Crippen MR) is 121 cm³/mol. The number of nitrogens with one attached hydrogen (secondary N) is 1. The van der Waals surface area contributed by atoms with Crippen LogP contribution in [0.4, 0.5) is 11.4 Å². The van der Waals surface area contributed by atoms with Gasteiger partial charge >= 0.3 is 0 Å². The largest absolute Gasteiger partial charge is 0.507 e. The van der Waals surface area contributed by atoms with E-state index in [1.165, 1.54) is 12.3 Å². The van der Waals surface area contributed by atoms with E-state index >= 15 is 0 Å². The lowest BCUT2D eigenvalue weighted by Crippen LogP contribution is -2.25. The zero-order valence-corrected chi connectivity index (χ0v) is 17.7. The fourth-order valence-corrected chi connectivity index (χ4v) is 2.81. The number of hydrogen-bond acceptors (Lipinski definition) is 6.